The molecular weight excluding hydrogens is 270 g/mol. The normalized spacial score (nSPS) is 23.9. The van der Waals surface area contributed by atoms with Crippen LogP contribution in [0.5, 0.6) is 0 Å². The van der Waals surface area contributed by atoms with E-state index in [0.717, 1.165) is 12.1 Å². The van der Waals surface area contributed by atoms with Crippen molar-refractivity contribution in [2.24, 2.45) is 5.92 Å². The molecule has 1 N–H and O–H groups in total. The lowest BCUT2D eigenvalue weighted by Crippen LogP contribution is -2.02. The quantitative estimate of drug-likeness (QED) is 0.902. The Balaban J connectivity index is 2.34. The summed E-state index contributed by atoms with van der Waals surface area (Å²) >= 11 is 2.96. The van der Waals surface area contributed by atoms with Gasteiger partial charge in [0.05, 0.1) is 5.92 Å². The van der Waals surface area contributed by atoms with E-state index in [4.69, 9.17) is 5.11 Å². The lowest BCUT2D eigenvalue weighted by molar-refractivity contribution is -0.138. The highest BCUT2D eigenvalue weighted by Gasteiger charge is 2.46. The van der Waals surface area contributed by atoms with E-state index in [2.05, 4.69) is 15.9 Å². The Morgan fingerprint density at radius 1 is 1.40 bits per heavy atom. The Morgan fingerprint density at radius 3 is 2.33 bits per heavy atom. The number of carbonyl (C=O) groups is 1. The van der Waals surface area contributed by atoms with Gasteiger partial charge in [-0.3, -0.25) is 4.79 Å². The third kappa shape index (κ3) is 1.88. The van der Waals surface area contributed by atoms with Gasteiger partial charge in [-0.2, -0.15) is 0 Å². The fraction of sp³-hybridized carbons (Fsp3) is 0.300. The Labute approximate surface area is 93.0 Å². The fourth-order valence-electron chi connectivity index (χ4n) is 1.69. The molecule has 5 heteroatoms. The molecule has 2 nitrogen and oxygen atoms in total. The van der Waals surface area contributed by atoms with Crippen LogP contribution in [0.15, 0.2) is 16.6 Å². The van der Waals surface area contributed by atoms with Gasteiger partial charge in [-0.1, -0.05) is 15.9 Å². The third-order valence-electron chi connectivity index (χ3n) is 2.52. The van der Waals surface area contributed by atoms with Gasteiger partial charge in [0.1, 0.15) is 11.6 Å². The Morgan fingerprint density at radius 2 is 1.93 bits per heavy atom. The van der Waals surface area contributed by atoms with Gasteiger partial charge in [0.2, 0.25) is 0 Å². The maximum Gasteiger partial charge on any atom is 0.307 e. The minimum atomic E-state index is -0.998. The molecule has 1 aliphatic carbocycles. The molecule has 2 atom stereocenters. The molecule has 0 spiro atoms. The van der Waals surface area contributed by atoms with Crippen LogP contribution in [0.2, 0.25) is 0 Å². The van der Waals surface area contributed by atoms with E-state index < -0.39 is 29.4 Å². The average molecular weight is 277 g/mol. The van der Waals surface area contributed by atoms with Crippen LogP contribution in [0, 0.1) is 17.6 Å². The average Bonchev–Trinajstić information content (AvgIpc) is 2.81. The minimum absolute atomic E-state index is 0.106. The van der Waals surface area contributed by atoms with E-state index in [0.29, 0.717) is 10.9 Å². The van der Waals surface area contributed by atoms with E-state index in [1.165, 1.54) is 0 Å². The molecule has 1 saturated carbocycles. The van der Waals surface area contributed by atoms with Crippen LogP contribution in [0.4, 0.5) is 8.78 Å². The predicted octanol–water partition coefficient (Wildman–Crippen LogP) is 2.92. The number of halogens is 3. The molecule has 0 aromatic heterocycles. The monoisotopic (exact) mass is 276 g/mol. The molecule has 0 bridgehead atoms. The summed E-state index contributed by atoms with van der Waals surface area (Å²) in [7, 11) is 0. The van der Waals surface area contributed by atoms with Crippen molar-refractivity contribution in [2.45, 2.75) is 12.3 Å². The number of hydrogen-bond acceptors (Lipinski definition) is 1. The van der Waals surface area contributed by atoms with Gasteiger partial charge in [-0.25, -0.2) is 8.78 Å². The van der Waals surface area contributed by atoms with Gasteiger partial charge in [0, 0.05) is 16.0 Å². The first kappa shape index (κ1) is 10.5. The molecule has 1 aromatic rings. The van der Waals surface area contributed by atoms with Crippen LogP contribution in [-0.4, -0.2) is 11.1 Å². The zero-order valence-corrected chi connectivity index (χ0v) is 9.09. The van der Waals surface area contributed by atoms with Crippen molar-refractivity contribution in [2.75, 3.05) is 0 Å². The number of carboxylic acids is 1. The van der Waals surface area contributed by atoms with Crippen molar-refractivity contribution < 1.29 is 18.7 Å². The van der Waals surface area contributed by atoms with Crippen LogP contribution in [0.3, 0.4) is 0 Å². The first-order valence-electron chi connectivity index (χ1n) is 4.38. The number of rotatable bonds is 2. The highest BCUT2D eigenvalue weighted by molar-refractivity contribution is 9.10. The summed E-state index contributed by atoms with van der Waals surface area (Å²) < 4.78 is 27.1. The van der Waals surface area contributed by atoms with Gasteiger partial charge in [-0.15, -0.1) is 0 Å². The van der Waals surface area contributed by atoms with E-state index in [1.54, 1.807) is 0 Å². The Hall–Kier alpha value is -0.970. The summed E-state index contributed by atoms with van der Waals surface area (Å²) in [6.07, 6.45) is 0.310. The zero-order chi connectivity index (χ0) is 11.2. The summed E-state index contributed by atoms with van der Waals surface area (Å²) in [4.78, 5) is 10.6. The van der Waals surface area contributed by atoms with Crippen molar-refractivity contribution >= 4 is 21.9 Å². The summed E-state index contributed by atoms with van der Waals surface area (Å²) in [5.74, 6) is -3.53. The molecule has 15 heavy (non-hydrogen) atoms. The van der Waals surface area contributed by atoms with Gasteiger partial charge < -0.3 is 5.11 Å². The molecule has 1 aromatic carbocycles. The summed E-state index contributed by atoms with van der Waals surface area (Å²) in [6.45, 7) is 0. The molecule has 0 amide bonds. The minimum Gasteiger partial charge on any atom is -0.481 e. The molecule has 0 radical (unpaired) electrons. The Bertz CT molecular complexity index is 410. The number of aliphatic carboxylic acids is 1. The van der Waals surface area contributed by atoms with E-state index in [-0.39, 0.29) is 5.56 Å². The smallest absolute Gasteiger partial charge is 0.307 e. The maximum absolute atomic E-state index is 13.4. The van der Waals surface area contributed by atoms with Gasteiger partial charge >= 0.3 is 5.97 Å². The van der Waals surface area contributed by atoms with E-state index in [9.17, 15) is 13.6 Å². The van der Waals surface area contributed by atoms with Crippen LogP contribution in [-0.2, 0) is 4.79 Å². The van der Waals surface area contributed by atoms with Crippen molar-refractivity contribution in [1.29, 1.82) is 0 Å². The molecule has 1 fully saturated rings. The lowest BCUT2D eigenvalue weighted by Gasteiger charge is -2.03. The first-order valence-corrected chi connectivity index (χ1v) is 5.17. The third-order valence-corrected chi connectivity index (χ3v) is 2.98. The van der Waals surface area contributed by atoms with Crippen molar-refractivity contribution in [3.8, 4) is 0 Å². The van der Waals surface area contributed by atoms with Crippen molar-refractivity contribution in [3.05, 3.63) is 33.8 Å². The fourth-order valence-corrected chi connectivity index (χ4v) is 2.10. The number of hydrogen-bond donors (Lipinski definition) is 1. The SMILES string of the molecule is O=C(O)C1CC1c1c(F)cc(Br)cc1F. The molecule has 1 aliphatic rings. The van der Waals surface area contributed by atoms with E-state index in [1.807, 2.05) is 0 Å². The standard InChI is InChI=1S/C10H7BrF2O2/c11-4-1-7(12)9(8(13)2-4)5-3-6(5)10(14)15/h1-2,5-6H,3H2,(H,14,15). The van der Waals surface area contributed by atoms with Gasteiger partial charge in [0.25, 0.3) is 0 Å². The predicted molar refractivity (Wildman–Crippen MR) is 52.5 cm³/mol. The number of benzene rings is 1. The summed E-state index contributed by atoms with van der Waals surface area (Å²) in [5, 5.41) is 8.67. The highest BCUT2D eigenvalue weighted by atomic mass is 79.9. The highest BCUT2D eigenvalue weighted by Crippen LogP contribution is 2.49. The summed E-state index contributed by atoms with van der Waals surface area (Å²) in [6, 6.07) is 2.30. The molecular formula is C10H7BrF2O2. The molecule has 0 saturated heterocycles. The van der Waals surface area contributed by atoms with Crippen LogP contribution in [0.25, 0.3) is 0 Å². The second-order valence-corrected chi connectivity index (χ2v) is 4.49. The maximum atomic E-state index is 13.4. The lowest BCUT2D eigenvalue weighted by atomic mass is 10.1. The topological polar surface area (TPSA) is 37.3 Å². The first-order chi connectivity index (χ1) is 7.00. The second kappa shape index (κ2) is 3.56. The zero-order valence-electron chi connectivity index (χ0n) is 7.51. The van der Waals surface area contributed by atoms with Crippen LogP contribution >= 0.6 is 15.9 Å². The molecule has 0 heterocycles. The largest absolute Gasteiger partial charge is 0.481 e. The van der Waals surface area contributed by atoms with Crippen LogP contribution < -0.4 is 0 Å². The van der Waals surface area contributed by atoms with Crippen LogP contribution in [0.1, 0.15) is 17.9 Å². The molecule has 0 aliphatic heterocycles. The van der Waals surface area contributed by atoms with Gasteiger partial charge in [0.15, 0.2) is 0 Å². The Kier molecular flexibility index (Phi) is 2.50. The van der Waals surface area contributed by atoms with Crippen molar-refractivity contribution in [3.63, 3.8) is 0 Å². The molecule has 2 rings (SSSR count). The molecule has 2 unspecified atom stereocenters. The molecule has 80 valence electrons. The van der Waals surface area contributed by atoms with Gasteiger partial charge in [-0.05, 0) is 18.6 Å². The number of carboxylic acid groups (broad SMARTS) is 1. The summed E-state index contributed by atoms with van der Waals surface area (Å²) in [5.41, 5.74) is -0.106. The van der Waals surface area contributed by atoms with Crippen molar-refractivity contribution in [1.82, 2.24) is 0 Å². The van der Waals surface area contributed by atoms with E-state index >= 15 is 0 Å². The second-order valence-electron chi connectivity index (χ2n) is 3.57.